The molecular weight excluding hydrogens is 400 g/mol. The van der Waals surface area contributed by atoms with E-state index in [9.17, 15) is 13.2 Å². The summed E-state index contributed by atoms with van der Waals surface area (Å²) in [4.78, 5) is 16.2. The molecule has 0 saturated carbocycles. The number of hydrogen-bond donors (Lipinski definition) is 1. The molecule has 146 valence electrons. The van der Waals surface area contributed by atoms with Crippen LogP contribution in [0.5, 0.6) is 0 Å². The molecule has 0 spiro atoms. The third-order valence-corrected chi connectivity index (χ3v) is 9.47. The molecule has 0 unspecified atom stereocenters. The quantitative estimate of drug-likeness (QED) is 0.817. The first-order valence-electron chi connectivity index (χ1n) is 9.38. The average Bonchev–Trinajstić information content (AvgIpc) is 3.31. The highest BCUT2D eigenvalue weighted by atomic mass is 32.2. The lowest BCUT2D eigenvalue weighted by Crippen LogP contribution is -2.46. The van der Waals surface area contributed by atoms with E-state index in [1.54, 1.807) is 28.8 Å². The van der Waals surface area contributed by atoms with Gasteiger partial charge in [-0.3, -0.25) is 4.79 Å². The van der Waals surface area contributed by atoms with Crippen molar-refractivity contribution >= 4 is 38.6 Å². The predicted molar refractivity (Wildman–Crippen MR) is 109 cm³/mol. The molecule has 2 aliphatic rings. The maximum absolute atomic E-state index is 13.0. The molecule has 3 heterocycles. The van der Waals surface area contributed by atoms with Crippen molar-refractivity contribution in [2.75, 3.05) is 13.1 Å². The third kappa shape index (κ3) is 3.99. The fourth-order valence-electron chi connectivity index (χ4n) is 3.92. The first kappa shape index (κ1) is 19.1. The number of carbonyl (C=O) groups is 1. The van der Waals surface area contributed by atoms with Crippen LogP contribution in [-0.2, 0) is 22.9 Å². The van der Waals surface area contributed by atoms with Crippen LogP contribution >= 0.6 is 22.7 Å². The van der Waals surface area contributed by atoms with Crippen LogP contribution in [0.2, 0.25) is 0 Å². The Bertz CT molecular complexity index is 910. The molecule has 0 bridgehead atoms. The van der Waals surface area contributed by atoms with E-state index >= 15 is 0 Å². The van der Waals surface area contributed by atoms with Gasteiger partial charge in [0.1, 0.15) is 4.21 Å². The topological polar surface area (TPSA) is 66.5 Å². The maximum atomic E-state index is 13.0. The van der Waals surface area contributed by atoms with Crippen LogP contribution in [0.4, 0.5) is 0 Å². The first-order chi connectivity index (χ1) is 12.9. The van der Waals surface area contributed by atoms with E-state index < -0.39 is 10.0 Å². The molecule has 1 aliphatic carbocycles. The van der Waals surface area contributed by atoms with Gasteiger partial charge in [-0.2, -0.15) is 0 Å². The van der Waals surface area contributed by atoms with Crippen LogP contribution in [-0.4, -0.2) is 38.4 Å². The lowest BCUT2D eigenvalue weighted by Gasteiger charge is -2.32. The Hall–Kier alpha value is -1.22. The molecule has 8 heteroatoms. The zero-order valence-corrected chi connectivity index (χ0v) is 17.8. The lowest BCUT2D eigenvalue weighted by atomic mass is 9.88. The van der Waals surface area contributed by atoms with Gasteiger partial charge in [-0.05, 0) is 55.0 Å². The molecule has 1 N–H and O–H groups in total. The molecule has 4 rings (SSSR count). The summed E-state index contributed by atoms with van der Waals surface area (Å²) < 4.78 is 27.9. The zero-order chi connectivity index (χ0) is 19.0. The Kier molecular flexibility index (Phi) is 5.42. The fourth-order valence-corrected chi connectivity index (χ4v) is 7.47. The van der Waals surface area contributed by atoms with E-state index in [2.05, 4.69) is 11.6 Å². The summed E-state index contributed by atoms with van der Waals surface area (Å²) in [6.07, 6.45) is 4.54. The fraction of sp³-hybridized carbons (Fsp3) is 0.526. The normalized spacial score (nSPS) is 21.2. The van der Waals surface area contributed by atoms with E-state index in [0.29, 0.717) is 36.1 Å². The van der Waals surface area contributed by atoms with Crippen molar-refractivity contribution in [3.8, 4) is 0 Å². The van der Waals surface area contributed by atoms with Crippen LogP contribution < -0.4 is 4.72 Å². The summed E-state index contributed by atoms with van der Waals surface area (Å²) >= 11 is 2.94. The van der Waals surface area contributed by atoms with Gasteiger partial charge in [0.2, 0.25) is 10.0 Å². The summed E-state index contributed by atoms with van der Waals surface area (Å²) in [6, 6.07) is 3.24. The van der Waals surface area contributed by atoms with Gasteiger partial charge in [0, 0.05) is 29.4 Å². The number of nitrogens with one attached hydrogen (secondary N) is 1. The van der Waals surface area contributed by atoms with Gasteiger partial charge in [0.15, 0.2) is 0 Å². The molecule has 1 aliphatic heterocycles. The third-order valence-electron chi connectivity index (χ3n) is 5.50. The number of rotatable bonds is 4. The lowest BCUT2D eigenvalue weighted by molar-refractivity contribution is 0.0710. The number of amides is 1. The van der Waals surface area contributed by atoms with Crippen molar-refractivity contribution in [1.82, 2.24) is 9.62 Å². The average molecular weight is 425 g/mol. The Morgan fingerprint density at radius 2 is 2.00 bits per heavy atom. The number of sulfonamides is 1. The van der Waals surface area contributed by atoms with Crippen molar-refractivity contribution in [1.29, 1.82) is 0 Å². The largest absolute Gasteiger partial charge is 0.338 e. The Labute approximate surface area is 168 Å². The van der Waals surface area contributed by atoms with Crippen molar-refractivity contribution in [2.24, 2.45) is 5.92 Å². The number of hydrogen-bond acceptors (Lipinski definition) is 5. The number of carbonyl (C=O) groups excluding carboxylic acids is 1. The van der Waals surface area contributed by atoms with Gasteiger partial charge in [-0.15, -0.1) is 22.7 Å². The highest BCUT2D eigenvalue weighted by molar-refractivity contribution is 7.91. The monoisotopic (exact) mass is 424 g/mol. The summed E-state index contributed by atoms with van der Waals surface area (Å²) in [5.74, 6) is 0.813. The summed E-state index contributed by atoms with van der Waals surface area (Å²) in [5, 5.41) is 3.79. The number of nitrogens with zero attached hydrogens (tertiary/aromatic N) is 1. The maximum Gasteiger partial charge on any atom is 0.254 e. The van der Waals surface area contributed by atoms with Gasteiger partial charge in [-0.1, -0.05) is 13.0 Å². The van der Waals surface area contributed by atoms with Gasteiger partial charge < -0.3 is 4.90 Å². The Morgan fingerprint density at radius 3 is 2.70 bits per heavy atom. The van der Waals surface area contributed by atoms with E-state index in [-0.39, 0.29) is 11.9 Å². The number of fused-ring (bicyclic) bond motifs is 1. The molecule has 5 nitrogen and oxygen atoms in total. The van der Waals surface area contributed by atoms with Crippen LogP contribution in [0.15, 0.2) is 27.1 Å². The molecule has 2 aromatic rings. The zero-order valence-electron chi connectivity index (χ0n) is 15.3. The highest BCUT2D eigenvalue weighted by Crippen LogP contribution is 2.33. The van der Waals surface area contributed by atoms with Gasteiger partial charge in [0.05, 0.1) is 5.56 Å². The molecule has 1 amide bonds. The summed E-state index contributed by atoms with van der Waals surface area (Å²) in [7, 11) is -3.45. The van der Waals surface area contributed by atoms with E-state index in [1.165, 1.54) is 21.8 Å². The van der Waals surface area contributed by atoms with Gasteiger partial charge >= 0.3 is 0 Å². The summed E-state index contributed by atoms with van der Waals surface area (Å²) in [5.41, 5.74) is 2.13. The van der Waals surface area contributed by atoms with Crippen molar-refractivity contribution in [3.63, 3.8) is 0 Å². The van der Waals surface area contributed by atoms with Gasteiger partial charge in [-0.25, -0.2) is 13.1 Å². The van der Waals surface area contributed by atoms with Crippen molar-refractivity contribution in [3.05, 3.63) is 38.9 Å². The standard InChI is InChI=1S/C19H24N2O3S3/c1-13-4-5-15-16(12-26-17(15)11-13)19(22)21-8-6-14(7-9-21)20-27(23,24)18-3-2-10-25-18/h2-3,10,12-14,20H,4-9,11H2,1H3/t13-/m0/s1. The molecule has 2 aromatic heterocycles. The van der Waals surface area contributed by atoms with Crippen LogP contribution in [0.25, 0.3) is 0 Å². The number of thiophene rings is 2. The van der Waals surface area contributed by atoms with E-state index in [1.807, 2.05) is 10.3 Å². The number of likely N-dealkylation sites (tertiary alicyclic amines) is 1. The highest BCUT2D eigenvalue weighted by Gasteiger charge is 2.30. The van der Waals surface area contributed by atoms with E-state index in [0.717, 1.165) is 24.8 Å². The molecule has 0 aromatic carbocycles. The minimum atomic E-state index is -3.45. The minimum Gasteiger partial charge on any atom is -0.338 e. The minimum absolute atomic E-state index is 0.113. The molecule has 1 atom stereocenters. The second-order valence-electron chi connectivity index (χ2n) is 7.52. The summed E-state index contributed by atoms with van der Waals surface area (Å²) in [6.45, 7) is 3.46. The Balaban J connectivity index is 1.38. The van der Waals surface area contributed by atoms with Crippen molar-refractivity contribution in [2.45, 2.75) is 49.3 Å². The first-order valence-corrected chi connectivity index (χ1v) is 12.6. The van der Waals surface area contributed by atoms with Gasteiger partial charge in [0.25, 0.3) is 5.91 Å². The Morgan fingerprint density at radius 1 is 1.22 bits per heavy atom. The van der Waals surface area contributed by atoms with Crippen LogP contribution in [0.3, 0.4) is 0 Å². The second-order valence-corrected chi connectivity index (χ2v) is 11.4. The van der Waals surface area contributed by atoms with Crippen molar-refractivity contribution < 1.29 is 13.2 Å². The molecule has 0 radical (unpaired) electrons. The molecule has 1 fully saturated rings. The van der Waals surface area contributed by atoms with E-state index in [4.69, 9.17) is 0 Å². The predicted octanol–water partition coefficient (Wildman–Crippen LogP) is 3.52. The number of piperidine rings is 1. The second kappa shape index (κ2) is 7.66. The van der Waals surface area contributed by atoms with Crippen LogP contribution in [0, 0.1) is 5.92 Å². The van der Waals surface area contributed by atoms with Crippen LogP contribution in [0.1, 0.15) is 47.0 Å². The SMILES string of the molecule is C[C@H]1CCc2c(C(=O)N3CCC(NS(=O)(=O)c4cccs4)CC3)csc2C1. The smallest absolute Gasteiger partial charge is 0.254 e. The molecule has 27 heavy (non-hydrogen) atoms. The molecular formula is C19H24N2O3S3. The molecule has 1 saturated heterocycles.